The van der Waals surface area contributed by atoms with Gasteiger partial charge in [-0.3, -0.25) is 4.79 Å². The summed E-state index contributed by atoms with van der Waals surface area (Å²) in [6.45, 7) is 2.46. The van der Waals surface area contributed by atoms with Crippen molar-refractivity contribution in [1.29, 1.82) is 0 Å². The summed E-state index contributed by atoms with van der Waals surface area (Å²) >= 11 is 0. The van der Waals surface area contributed by atoms with Crippen LogP contribution >= 0.6 is 0 Å². The average molecular weight is 304 g/mol. The quantitative estimate of drug-likeness (QED) is 0.857. The Balaban J connectivity index is 2.17. The first-order valence-electron chi connectivity index (χ1n) is 7.69. The Labute approximate surface area is 131 Å². The third kappa shape index (κ3) is 3.47. The van der Waals surface area contributed by atoms with Crippen molar-refractivity contribution in [2.75, 3.05) is 20.7 Å². The zero-order valence-corrected chi connectivity index (χ0v) is 13.4. The molecular formula is C17H24N2O3. The molecule has 2 rings (SSSR count). The molecule has 3 unspecified atom stereocenters. The van der Waals surface area contributed by atoms with Crippen LogP contribution in [-0.4, -0.2) is 49.6 Å². The standard InChI is InChI=1S/C17H24N2O3/c1-12(13-7-5-4-6-8-13)16(20)19-10-9-14(18-2)11-15(19)17(21)22-3/h4-8,12,14-15,18H,9-11H2,1-3H3. The Kier molecular flexibility index (Phi) is 5.55. The van der Waals surface area contributed by atoms with Gasteiger partial charge in [0.1, 0.15) is 6.04 Å². The lowest BCUT2D eigenvalue weighted by molar-refractivity contribution is -0.155. The first kappa shape index (κ1) is 16.5. The van der Waals surface area contributed by atoms with Gasteiger partial charge in [0.25, 0.3) is 0 Å². The highest BCUT2D eigenvalue weighted by molar-refractivity contribution is 5.88. The number of esters is 1. The second-order valence-corrected chi connectivity index (χ2v) is 5.71. The van der Waals surface area contributed by atoms with E-state index >= 15 is 0 Å². The average Bonchev–Trinajstić information content (AvgIpc) is 2.59. The van der Waals surface area contributed by atoms with Gasteiger partial charge in [0, 0.05) is 12.6 Å². The molecule has 0 spiro atoms. The van der Waals surface area contributed by atoms with Gasteiger partial charge in [0.15, 0.2) is 0 Å². The van der Waals surface area contributed by atoms with Crippen LogP contribution in [0.3, 0.4) is 0 Å². The lowest BCUT2D eigenvalue weighted by Gasteiger charge is -2.39. The number of piperidine rings is 1. The molecule has 0 radical (unpaired) electrons. The van der Waals surface area contributed by atoms with Crippen molar-refractivity contribution in [3.8, 4) is 0 Å². The van der Waals surface area contributed by atoms with E-state index in [1.54, 1.807) is 4.90 Å². The van der Waals surface area contributed by atoms with Gasteiger partial charge in [-0.05, 0) is 32.4 Å². The molecule has 120 valence electrons. The summed E-state index contributed by atoms with van der Waals surface area (Å²) in [5, 5.41) is 3.19. The van der Waals surface area contributed by atoms with E-state index in [1.165, 1.54) is 7.11 Å². The van der Waals surface area contributed by atoms with Crippen LogP contribution in [0.2, 0.25) is 0 Å². The molecule has 0 aromatic heterocycles. The van der Waals surface area contributed by atoms with Crippen molar-refractivity contribution in [3.05, 3.63) is 35.9 Å². The molecular weight excluding hydrogens is 280 g/mol. The van der Waals surface area contributed by atoms with Crippen LogP contribution in [0.4, 0.5) is 0 Å². The van der Waals surface area contributed by atoms with E-state index in [9.17, 15) is 9.59 Å². The molecule has 5 heteroatoms. The SMILES string of the molecule is CNC1CCN(C(=O)C(C)c2ccccc2)C(C(=O)OC)C1. The molecule has 1 aromatic rings. The molecule has 0 aliphatic carbocycles. The molecule has 22 heavy (non-hydrogen) atoms. The van der Waals surface area contributed by atoms with Crippen LogP contribution in [0.25, 0.3) is 0 Å². The molecule has 1 N–H and O–H groups in total. The molecule has 1 saturated heterocycles. The highest BCUT2D eigenvalue weighted by Gasteiger charge is 2.38. The highest BCUT2D eigenvalue weighted by Crippen LogP contribution is 2.25. The number of nitrogens with zero attached hydrogens (tertiary/aromatic N) is 1. The van der Waals surface area contributed by atoms with E-state index in [0.717, 1.165) is 12.0 Å². The van der Waals surface area contributed by atoms with Gasteiger partial charge < -0.3 is 15.0 Å². The van der Waals surface area contributed by atoms with Gasteiger partial charge in [-0.2, -0.15) is 0 Å². The van der Waals surface area contributed by atoms with E-state index in [-0.39, 0.29) is 23.8 Å². The Hall–Kier alpha value is -1.88. The fourth-order valence-electron chi connectivity index (χ4n) is 2.98. The first-order chi connectivity index (χ1) is 10.6. The summed E-state index contributed by atoms with van der Waals surface area (Å²) in [6, 6.07) is 9.38. The van der Waals surface area contributed by atoms with Crippen molar-refractivity contribution in [2.24, 2.45) is 0 Å². The summed E-state index contributed by atoms with van der Waals surface area (Å²) in [7, 11) is 3.25. The number of benzene rings is 1. The van der Waals surface area contributed by atoms with E-state index in [4.69, 9.17) is 4.74 Å². The Bertz CT molecular complexity index is 518. The third-order valence-corrected chi connectivity index (χ3v) is 4.44. The number of methoxy groups -OCH3 is 1. The molecule has 5 nitrogen and oxygen atoms in total. The molecule has 0 bridgehead atoms. The Morgan fingerprint density at radius 3 is 2.59 bits per heavy atom. The van der Waals surface area contributed by atoms with Gasteiger partial charge in [-0.25, -0.2) is 4.79 Å². The maximum Gasteiger partial charge on any atom is 0.328 e. The lowest BCUT2D eigenvalue weighted by Crippen LogP contribution is -2.54. The van der Waals surface area contributed by atoms with Crippen molar-refractivity contribution >= 4 is 11.9 Å². The fraction of sp³-hybridized carbons (Fsp3) is 0.529. The van der Waals surface area contributed by atoms with Gasteiger partial charge >= 0.3 is 5.97 Å². The number of ether oxygens (including phenoxy) is 1. The van der Waals surface area contributed by atoms with E-state index < -0.39 is 6.04 Å². The number of nitrogens with one attached hydrogen (secondary N) is 1. The predicted octanol–water partition coefficient (Wildman–Crippen LogP) is 1.54. The second-order valence-electron chi connectivity index (χ2n) is 5.71. The molecule has 1 aliphatic rings. The van der Waals surface area contributed by atoms with Crippen LogP contribution < -0.4 is 5.32 Å². The number of hydrogen-bond acceptors (Lipinski definition) is 4. The summed E-state index contributed by atoms with van der Waals surface area (Å²) in [5.41, 5.74) is 0.965. The third-order valence-electron chi connectivity index (χ3n) is 4.44. The van der Waals surface area contributed by atoms with Gasteiger partial charge in [-0.1, -0.05) is 30.3 Å². The number of carbonyl (C=O) groups excluding carboxylic acids is 2. The van der Waals surface area contributed by atoms with Crippen molar-refractivity contribution in [1.82, 2.24) is 10.2 Å². The summed E-state index contributed by atoms with van der Waals surface area (Å²) in [5.74, 6) is -0.621. The molecule has 3 atom stereocenters. The minimum Gasteiger partial charge on any atom is -0.467 e. The van der Waals surface area contributed by atoms with Crippen LogP contribution in [0.5, 0.6) is 0 Å². The number of likely N-dealkylation sites (tertiary alicyclic amines) is 1. The van der Waals surface area contributed by atoms with Crippen molar-refractivity contribution in [3.63, 3.8) is 0 Å². The molecule has 1 aliphatic heterocycles. The first-order valence-corrected chi connectivity index (χ1v) is 7.69. The van der Waals surface area contributed by atoms with Crippen molar-refractivity contribution < 1.29 is 14.3 Å². The second kappa shape index (κ2) is 7.40. The predicted molar refractivity (Wildman–Crippen MR) is 84.5 cm³/mol. The summed E-state index contributed by atoms with van der Waals surface area (Å²) in [4.78, 5) is 26.6. The molecule has 1 amide bonds. The smallest absolute Gasteiger partial charge is 0.328 e. The Morgan fingerprint density at radius 2 is 2.00 bits per heavy atom. The number of hydrogen-bond donors (Lipinski definition) is 1. The minimum atomic E-state index is -0.505. The largest absolute Gasteiger partial charge is 0.467 e. The zero-order valence-electron chi connectivity index (χ0n) is 13.4. The van der Waals surface area contributed by atoms with Crippen LogP contribution in [-0.2, 0) is 14.3 Å². The van der Waals surface area contributed by atoms with E-state index in [1.807, 2.05) is 44.3 Å². The molecule has 0 saturated carbocycles. The minimum absolute atomic E-state index is 0.0175. The molecule has 1 heterocycles. The summed E-state index contributed by atoms with van der Waals surface area (Å²) in [6.07, 6.45) is 1.44. The highest BCUT2D eigenvalue weighted by atomic mass is 16.5. The maximum absolute atomic E-state index is 12.8. The molecule has 1 aromatic carbocycles. The number of carbonyl (C=O) groups is 2. The number of rotatable bonds is 4. The van der Waals surface area contributed by atoms with E-state index in [2.05, 4.69) is 5.32 Å². The Morgan fingerprint density at radius 1 is 1.32 bits per heavy atom. The topological polar surface area (TPSA) is 58.6 Å². The van der Waals surface area contributed by atoms with Crippen LogP contribution in [0, 0.1) is 0 Å². The van der Waals surface area contributed by atoms with Gasteiger partial charge in [-0.15, -0.1) is 0 Å². The van der Waals surface area contributed by atoms with Crippen LogP contribution in [0.1, 0.15) is 31.2 Å². The van der Waals surface area contributed by atoms with E-state index in [0.29, 0.717) is 13.0 Å². The van der Waals surface area contributed by atoms with Gasteiger partial charge in [0.05, 0.1) is 13.0 Å². The monoisotopic (exact) mass is 304 g/mol. The van der Waals surface area contributed by atoms with Crippen molar-refractivity contribution in [2.45, 2.75) is 37.8 Å². The fourth-order valence-corrected chi connectivity index (χ4v) is 2.98. The van der Waals surface area contributed by atoms with Crippen LogP contribution in [0.15, 0.2) is 30.3 Å². The number of amides is 1. The normalized spacial score (nSPS) is 23.0. The molecule has 1 fully saturated rings. The van der Waals surface area contributed by atoms with Gasteiger partial charge in [0.2, 0.25) is 5.91 Å². The summed E-state index contributed by atoms with van der Waals surface area (Å²) < 4.78 is 4.89. The maximum atomic E-state index is 12.8. The zero-order chi connectivity index (χ0) is 16.1. The lowest BCUT2D eigenvalue weighted by atomic mass is 9.93.